The molecule has 1 unspecified atom stereocenters. The Balaban J connectivity index is 2.17. The van der Waals surface area contributed by atoms with E-state index in [-0.39, 0.29) is 6.04 Å². The third-order valence-electron chi connectivity index (χ3n) is 2.95. The molecule has 0 radical (unpaired) electrons. The molecule has 2 rings (SSSR count). The second-order valence-electron chi connectivity index (χ2n) is 4.12. The van der Waals surface area contributed by atoms with Crippen molar-refractivity contribution in [2.24, 2.45) is 5.84 Å². The van der Waals surface area contributed by atoms with E-state index in [0.29, 0.717) is 0 Å². The van der Waals surface area contributed by atoms with Gasteiger partial charge in [0.25, 0.3) is 0 Å². The zero-order valence-corrected chi connectivity index (χ0v) is 11.9. The standard InChI is InChI=1S/C13H17BrN4/c1-2-18-8-7-16-13(18)12(17-15)9-10-3-5-11(14)6-4-10/h3-8,12,17H,2,9,15H2,1H3. The number of imidazole rings is 1. The highest BCUT2D eigenvalue weighted by molar-refractivity contribution is 9.10. The lowest BCUT2D eigenvalue weighted by Gasteiger charge is -2.16. The highest BCUT2D eigenvalue weighted by Crippen LogP contribution is 2.18. The van der Waals surface area contributed by atoms with Crippen LogP contribution in [-0.4, -0.2) is 9.55 Å². The second kappa shape index (κ2) is 6.13. The van der Waals surface area contributed by atoms with Gasteiger partial charge in [0.2, 0.25) is 0 Å². The van der Waals surface area contributed by atoms with Gasteiger partial charge >= 0.3 is 0 Å². The molecule has 1 aromatic heterocycles. The molecule has 4 nitrogen and oxygen atoms in total. The van der Waals surface area contributed by atoms with Gasteiger partial charge in [-0.2, -0.15) is 0 Å². The van der Waals surface area contributed by atoms with Crippen molar-refractivity contribution in [3.05, 3.63) is 52.5 Å². The van der Waals surface area contributed by atoms with Gasteiger partial charge in [-0.1, -0.05) is 28.1 Å². The molecule has 5 heteroatoms. The number of rotatable bonds is 5. The third kappa shape index (κ3) is 2.98. The Bertz CT molecular complexity index is 492. The average molecular weight is 309 g/mol. The van der Waals surface area contributed by atoms with Crippen molar-refractivity contribution in [1.82, 2.24) is 15.0 Å². The molecule has 1 aromatic carbocycles. The minimum atomic E-state index is 0.0288. The molecule has 0 saturated carbocycles. The fourth-order valence-electron chi connectivity index (χ4n) is 1.98. The van der Waals surface area contributed by atoms with Gasteiger partial charge in [-0.3, -0.25) is 5.84 Å². The van der Waals surface area contributed by atoms with E-state index in [1.807, 2.05) is 24.5 Å². The van der Waals surface area contributed by atoms with Crippen molar-refractivity contribution in [3.8, 4) is 0 Å². The first-order valence-electron chi connectivity index (χ1n) is 5.96. The Morgan fingerprint density at radius 3 is 2.72 bits per heavy atom. The summed E-state index contributed by atoms with van der Waals surface area (Å²) >= 11 is 3.43. The van der Waals surface area contributed by atoms with Crippen LogP contribution in [0, 0.1) is 0 Å². The molecule has 0 fully saturated rings. The monoisotopic (exact) mass is 308 g/mol. The molecule has 0 aliphatic rings. The summed E-state index contributed by atoms with van der Waals surface area (Å²) in [5.41, 5.74) is 4.08. The fraction of sp³-hybridized carbons (Fsp3) is 0.308. The lowest BCUT2D eigenvalue weighted by Crippen LogP contribution is -2.31. The van der Waals surface area contributed by atoms with Crippen molar-refractivity contribution < 1.29 is 0 Å². The zero-order valence-electron chi connectivity index (χ0n) is 10.3. The van der Waals surface area contributed by atoms with Crippen molar-refractivity contribution in [2.75, 3.05) is 0 Å². The van der Waals surface area contributed by atoms with Crippen LogP contribution in [-0.2, 0) is 13.0 Å². The Labute approximate surface area is 115 Å². The number of benzene rings is 1. The first-order chi connectivity index (χ1) is 8.74. The van der Waals surface area contributed by atoms with Crippen molar-refractivity contribution >= 4 is 15.9 Å². The highest BCUT2D eigenvalue weighted by atomic mass is 79.9. The van der Waals surface area contributed by atoms with E-state index in [0.717, 1.165) is 23.3 Å². The Morgan fingerprint density at radius 1 is 1.39 bits per heavy atom. The van der Waals surface area contributed by atoms with E-state index in [1.54, 1.807) is 0 Å². The van der Waals surface area contributed by atoms with E-state index in [4.69, 9.17) is 5.84 Å². The average Bonchev–Trinajstić information content (AvgIpc) is 2.86. The van der Waals surface area contributed by atoms with Gasteiger partial charge < -0.3 is 4.57 Å². The fourth-order valence-corrected chi connectivity index (χ4v) is 2.24. The van der Waals surface area contributed by atoms with Gasteiger partial charge in [0.15, 0.2) is 0 Å². The topological polar surface area (TPSA) is 55.9 Å². The largest absolute Gasteiger partial charge is 0.334 e. The van der Waals surface area contributed by atoms with Gasteiger partial charge in [-0.15, -0.1) is 0 Å². The molecular weight excluding hydrogens is 292 g/mol. The molecule has 96 valence electrons. The molecule has 0 bridgehead atoms. The lowest BCUT2D eigenvalue weighted by atomic mass is 10.1. The molecule has 1 heterocycles. The summed E-state index contributed by atoms with van der Waals surface area (Å²) in [5, 5.41) is 0. The van der Waals surface area contributed by atoms with E-state index >= 15 is 0 Å². The molecule has 3 N–H and O–H groups in total. The summed E-state index contributed by atoms with van der Waals surface area (Å²) in [4.78, 5) is 4.38. The first kappa shape index (κ1) is 13.3. The van der Waals surface area contributed by atoms with Crippen LogP contribution < -0.4 is 11.3 Å². The molecular formula is C13H17BrN4. The molecule has 1 atom stereocenters. The number of halogens is 1. The predicted molar refractivity (Wildman–Crippen MR) is 75.8 cm³/mol. The lowest BCUT2D eigenvalue weighted by molar-refractivity contribution is 0.496. The van der Waals surface area contributed by atoms with Gasteiger partial charge in [0.05, 0.1) is 6.04 Å². The summed E-state index contributed by atoms with van der Waals surface area (Å²) in [6.45, 7) is 2.99. The van der Waals surface area contributed by atoms with Crippen molar-refractivity contribution in [1.29, 1.82) is 0 Å². The van der Waals surface area contributed by atoms with Crippen LogP contribution in [0.3, 0.4) is 0 Å². The molecule has 0 aliphatic carbocycles. The number of aryl methyl sites for hydroxylation is 1. The number of hydrogen-bond acceptors (Lipinski definition) is 3. The summed E-state index contributed by atoms with van der Waals surface area (Å²) in [5.74, 6) is 6.63. The van der Waals surface area contributed by atoms with E-state index in [2.05, 4.69) is 50.0 Å². The predicted octanol–water partition coefficient (Wildman–Crippen LogP) is 2.41. The van der Waals surface area contributed by atoms with Crippen molar-refractivity contribution in [3.63, 3.8) is 0 Å². The van der Waals surface area contributed by atoms with Gasteiger partial charge in [-0.05, 0) is 31.0 Å². The Morgan fingerprint density at radius 2 is 2.11 bits per heavy atom. The van der Waals surface area contributed by atoms with Crippen LogP contribution in [0.5, 0.6) is 0 Å². The summed E-state index contributed by atoms with van der Waals surface area (Å²) < 4.78 is 3.18. The van der Waals surface area contributed by atoms with Crippen LogP contribution in [0.1, 0.15) is 24.4 Å². The molecule has 0 saturated heterocycles. The number of hydrazine groups is 1. The molecule has 0 aliphatic heterocycles. The summed E-state index contributed by atoms with van der Waals surface area (Å²) in [6.07, 6.45) is 4.60. The number of nitrogens with two attached hydrogens (primary N) is 1. The molecule has 0 amide bonds. The zero-order chi connectivity index (χ0) is 13.0. The second-order valence-corrected chi connectivity index (χ2v) is 5.04. The minimum absolute atomic E-state index is 0.0288. The minimum Gasteiger partial charge on any atom is -0.334 e. The van der Waals surface area contributed by atoms with Crippen LogP contribution in [0.15, 0.2) is 41.1 Å². The number of nitrogens with one attached hydrogen (secondary N) is 1. The Hall–Kier alpha value is -1.17. The summed E-state index contributed by atoms with van der Waals surface area (Å²) in [7, 11) is 0. The van der Waals surface area contributed by atoms with Crippen LogP contribution in [0.4, 0.5) is 0 Å². The number of nitrogens with zero attached hydrogens (tertiary/aromatic N) is 2. The number of aromatic nitrogens is 2. The van der Waals surface area contributed by atoms with Crippen LogP contribution in [0.2, 0.25) is 0 Å². The maximum atomic E-state index is 5.65. The summed E-state index contributed by atoms with van der Waals surface area (Å²) in [6, 6.07) is 8.28. The van der Waals surface area contributed by atoms with Gasteiger partial charge in [-0.25, -0.2) is 10.4 Å². The normalized spacial score (nSPS) is 12.6. The molecule has 18 heavy (non-hydrogen) atoms. The smallest absolute Gasteiger partial charge is 0.127 e. The maximum absolute atomic E-state index is 5.65. The van der Waals surface area contributed by atoms with Crippen molar-refractivity contribution in [2.45, 2.75) is 25.9 Å². The molecule has 0 spiro atoms. The Kier molecular flexibility index (Phi) is 4.52. The van der Waals surface area contributed by atoms with E-state index in [9.17, 15) is 0 Å². The van der Waals surface area contributed by atoms with Gasteiger partial charge in [0, 0.05) is 23.4 Å². The third-order valence-corrected chi connectivity index (χ3v) is 3.48. The van der Waals surface area contributed by atoms with E-state index < -0.39 is 0 Å². The number of hydrogen-bond donors (Lipinski definition) is 2. The SMILES string of the molecule is CCn1ccnc1C(Cc1ccc(Br)cc1)NN. The quantitative estimate of drug-likeness (QED) is 0.659. The van der Waals surface area contributed by atoms with E-state index in [1.165, 1.54) is 5.56 Å². The van der Waals surface area contributed by atoms with Gasteiger partial charge in [0.1, 0.15) is 5.82 Å². The van der Waals surface area contributed by atoms with Crippen LogP contribution >= 0.6 is 15.9 Å². The van der Waals surface area contributed by atoms with Crippen LogP contribution in [0.25, 0.3) is 0 Å². The first-order valence-corrected chi connectivity index (χ1v) is 6.75. The molecule has 2 aromatic rings. The maximum Gasteiger partial charge on any atom is 0.127 e. The highest BCUT2D eigenvalue weighted by Gasteiger charge is 2.15.